The Hall–Kier alpha value is -3.79. The molecule has 2 aromatic heterocycles. The minimum atomic E-state index is -0.461. The third-order valence-corrected chi connectivity index (χ3v) is 4.12. The molecule has 0 bridgehead atoms. The Labute approximate surface area is 162 Å². The number of carbonyl (C=O) groups excluding carboxylic acids is 1. The number of carbonyl (C=O) groups is 1. The monoisotopic (exact) mass is 377 g/mol. The van der Waals surface area contributed by atoms with E-state index in [0.717, 1.165) is 22.6 Å². The van der Waals surface area contributed by atoms with Gasteiger partial charge in [0.1, 0.15) is 35.5 Å². The molecule has 28 heavy (non-hydrogen) atoms. The van der Waals surface area contributed by atoms with Crippen LogP contribution in [0.2, 0.25) is 0 Å². The van der Waals surface area contributed by atoms with Crippen molar-refractivity contribution in [3.8, 4) is 11.8 Å². The van der Waals surface area contributed by atoms with Crippen LogP contribution in [0.25, 0.3) is 6.08 Å². The summed E-state index contributed by atoms with van der Waals surface area (Å²) in [6.45, 7) is 4.28. The summed E-state index contributed by atoms with van der Waals surface area (Å²) in [6, 6.07) is 12.5. The van der Waals surface area contributed by atoms with E-state index in [1.54, 1.807) is 36.4 Å². The molecule has 0 unspecified atom stereocenters. The molecule has 1 aromatic carbocycles. The van der Waals surface area contributed by atoms with Gasteiger partial charge in [-0.15, -0.1) is 0 Å². The molecule has 1 amide bonds. The van der Waals surface area contributed by atoms with Gasteiger partial charge in [0.05, 0.1) is 24.1 Å². The number of aryl methyl sites for hydroxylation is 2. The number of nitrogens with one attached hydrogen (secondary N) is 1. The highest BCUT2D eigenvalue weighted by molar-refractivity contribution is 6.01. The number of ether oxygens (including phenoxy) is 1. The minimum absolute atomic E-state index is 0.0101. The molecule has 0 aliphatic rings. The molecule has 7 nitrogen and oxygen atoms in total. The number of furan rings is 1. The summed E-state index contributed by atoms with van der Waals surface area (Å²) in [4.78, 5) is 12.2. The van der Waals surface area contributed by atoms with Gasteiger partial charge in [-0.25, -0.2) is 0 Å². The molecule has 0 saturated carbocycles. The van der Waals surface area contributed by atoms with Crippen LogP contribution in [0, 0.1) is 25.2 Å². The number of nitrogens with zero attached hydrogens (tertiary/aromatic N) is 2. The lowest BCUT2D eigenvalue weighted by atomic mass is 10.1. The molecule has 0 aliphatic carbocycles. The zero-order valence-electron chi connectivity index (χ0n) is 15.6. The van der Waals surface area contributed by atoms with Gasteiger partial charge in [0.25, 0.3) is 5.91 Å². The normalized spacial score (nSPS) is 11.1. The van der Waals surface area contributed by atoms with Gasteiger partial charge < -0.3 is 19.0 Å². The van der Waals surface area contributed by atoms with Crippen molar-refractivity contribution in [2.45, 2.75) is 27.0 Å². The average molecular weight is 377 g/mol. The Kier molecular flexibility index (Phi) is 5.92. The van der Waals surface area contributed by atoms with E-state index in [-0.39, 0.29) is 12.1 Å². The Morgan fingerprint density at radius 1 is 1.29 bits per heavy atom. The molecule has 0 atom stereocenters. The number of hydrogen-bond acceptors (Lipinski definition) is 6. The SMILES string of the molecule is Cc1noc(C)c1COc1ccc(/C=C(\C#N)C(=O)NCc2ccco2)cc1. The first-order valence-corrected chi connectivity index (χ1v) is 8.64. The summed E-state index contributed by atoms with van der Waals surface area (Å²) >= 11 is 0. The highest BCUT2D eigenvalue weighted by Gasteiger charge is 2.11. The maximum absolute atomic E-state index is 12.2. The lowest BCUT2D eigenvalue weighted by Gasteiger charge is -2.06. The van der Waals surface area contributed by atoms with Gasteiger partial charge in [-0.3, -0.25) is 4.79 Å². The average Bonchev–Trinajstić information content (AvgIpc) is 3.34. The predicted molar refractivity (Wildman–Crippen MR) is 101 cm³/mol. The van der Waals surface area contributed by atoms with E-state index in [4.69, 9.17) is 13.7 Å². The summed E-state index contributed by atoms with van der Waals surface area (Å²) < 4.78 is 16.0. The molecule has 3 aromatic rings. The van der Waals surface area contributed by atoms with Gasteiger partial charge in [0, 0.05) is 0 Å². The Balaban J connectivity index is 1.61. The number of amides is 1. The quantitative estimate of drug-likeness (QED) is 0.498. The summed E-state index contributed by atoms with van der Waals surface area (Å²) in [5.74, 6) is 1.55. The Bertz CT molecular complexity index is 990. The molecule has 3 rings (SSSR count). The van der Waals surface area contributed by atoms with E-state index in [0.29, 0.717) is 18.1 Å². The second-order valence-electron chi connectivity index (χ2n) is 6.09. The molecule has 142 valence electrons. The molecule has 0 spiro atoms. The van der Waals surface area contributed by atoms with Crippen molar-refractivity contribution in [2.24, 2.45) is 0 Å². The van der Waals surface area contributed by atoms with Gasteiger partial charge in [-0.1, -0.05) is 17.3 Å². The van der Waals surface area contributed by atoms with Crippen LogP contribution < -0.4 is 10.1 Å². The van der Waals surface area contributed by atoms with Crippen LogP contribution >= 0.6 is 0 Å². The van der Waals surface area contributed by atoms with Crippen LogP contribution in [0.4, 0.5) is 0 Å². The van der Waals surface area contributed by atoms with Crippen molar-refractivity contribution in [1.29, 1.82) is 5.26 Å². The second kappa shape index (κ2) is 8.73. The van der Waals surface area contributed by atoms with Crippen LogP contribution in [-0.4, -0.2) is 11.1 Å². The predicted octanol–water partition coefficient (Wildman–Crippen LogP) is 3.69. The zero-order chi connectivity index (χ0) is 19.9. The van der Waals surface area contributed by atoms with Crippen LogP contribution in [0.1, 0.15) is 28.3 Å². The fourth-order valence-corrected chi connectivity index (χ4v) is 2.51. The number of aromatic nitrogens is 1. The zero-order valence-corrected chi connectivity index (χ0v) is 15.6. The fourth-order valence-electron chi connectivity index (χ4n) is 2.51. The molecular weight excluding hydrogens is 358 g/mol. The smallest absolute Gasteiger partial charge is 0.262 e. The molecular formula is C21H19N3O4. The van der Waals surface area contributed by atoms with E-state index in [1.165, 1.54) is 12.3 Å². The molecule has 7 heteroatoms. The first kappa shape index (κ1) is 19.0. The van der Waals surface area contributed by atoms with E-state index >= 15 is 0 Å². The molecule has 0 saturated heterocycles. The van der Waals surface area contributed by atoms with Crippen molar-refractivity contribution >= 4 is 12.0 Å². The number of hydrogen-bond donors (Lipinski definition) is 1. The highest BCUT2D eigenvalue weighted by Crippen LogP contribution is 2.19. The van der Waals surface area contributed by atoms with Crippen LogP contribution in [0.15, 0.2) is 57.2 Å². The fraction of sp³-hybridized carbons (Fsp3) is 0.190. The first-order chi connectivity index (χ1) is 13.6. The third-order valence-electron chi connectivity index (χ3n) is 4.12. The van der Waals surface area contributed by atoms with E-state index in [9.17, 15) is 10.1 Å². The van der Waals surface area contributed by atoms with Crippen LogP contribution in [0.5, 0.6) is 5.75 Å². The molecule has 1 N–H and O–H groups in total. The Morgan fingerprint density at radius 3 is 2.68 bits per heavy atom. The third kappa shape index (κ3) is 4.68. The molecule has 0 fully saturated rings. The van der Waals surface area contributed by atoms with Crippen molar-refractivity contribution < 1.29 is 18.5 Å². The van der Waals surface area contributed by atoms with Crippen molar-refractivity contribution in [3.63, 3.8) is 0 Å². The van der Waals surface area contributed by atoms with Crippen molar-refractivity contribution in [1.82, 2.24) is 10.5 Å². The van der Waals surface area contributed by atoms with Gasteiger partial charge in [0.2, 0.25) is 0 Å². The second-order valence-corrected chi connectivity index (χ2v) is 6.09. The maximum atomic E-state index is 12.2. The van der Waals surface area contributed by atoms with Crippen LogP contribution in [-0.2, 0) is 17.9 Å². The molecule has 0 aliphatic heterocycles. The number of rotatable bonds is 7. The van der Waals surface area contributed by atoms with Crippen LogP contribution in [0.3, 0.4) is 0 Å². The van der Waals surface area contributed by atoms with E-state index in [2.05, 4.69) is 10.5 Å². The van der Waals surface area contributed by atoms with Gasteiger partial charge >= 0.3 is 0 Å². The lowest BCUT2D eigenvalue weighted by Crippen LogP contribution is -2.23. The summed E-state index contributed by atoms with van der Waals surface area (Å²) in [6.07, 6.45) is 3.05. The van der Waals surface area contributed by atoms with Gasteiger partial charge in [-0.05, 0) is 49.8 Å². The molecule has 2 heterocycles. The van der Waals surface area contributed by atoms with Gasteiger partial charge in [0.15, 0.2) is 0 Å². The summed E-state index contributed by atoms with van der Waals surface area (Å²) in [5.41, 5.74) is 2.45. The Morgan fingerprint density at radius 2 is 2.07 bits per heavy atom. The highest BCUT2D eigenvalue weighted by atomic mass is 16.5. The van der Waals surface area contributed by atoms with Gasteiger partial charge in [-0.2, -0.15) is 5.26 Å². The first-order valence-electron chi connectivity index (χ1n) is 8.64. The largest absolute Gasteiger partial charge is 0.489 e. The lowest BCUT2D eigenvalue weighted by molar-refractivity contribution is -0.117. The standard InChI is InChI=1S/C21H19N3O4/c1-14-20(15(2)28-24-14)13-27-18-7-5-16(6-8-18)10-17(11-22)21(25)23-12-19-4-3-9-26-19/h3-10H,12-13H2,1-2H3,(H,23,25)/b17-10+. The maximum Gasteiger partial charge on any atom is 0.262 e. The van der Waals surface area contributed by atoms with Crippen molar-refractivity contribution in [2.75, 3.05) is 0 Å². The summed E-state index contributed by atoms with van der Waals surface area (Å²) in [5, 5.41) is 15.8. The molecule has 0 radical (unpaired) electrons. The number of nitriles is 1. The minimum Gasteiger partial charge on any atom is -0.489 e. The van der Waals surface area contributed by atoms with E-state index < -0.39 is 5.91 Å². The topological polar surface area (TPSA) is 101 Å². The summed E-state index contributed by atoms with van der Waals surface area (Å²) in [7, 11) is 0. The van der Waals surface area contributed by atoms with E-state index in [1.807, 2.05) is 19.9 Å². The van der Waals surface area contributed by atoms with Crippen molar-refractivity contribution in [3.05, 3.63) is 76.6 Å². The number of benzene rings is 1.